The van der Waals surface area contributed by atoms with Crippen LogP contribution in [-0.4, -0.2) is 11.5 Å². The fraction of sp³-hybridized carbons (Fsp3) is 0.286. The van der Waals surface area contributed by atoms with Gasteiger partial charge < -0.3 is 17.2 Å². The van der Waals surface area contributed by atoms with Crippen molar-refractivity contribution in [2.75, 3.05) is 12.3 Å². The van der Waals surface area contributed by atoms with Crippen molar-refractivity contribution < 1.29 is 0 Å². The molecule has 4 nitrogen and oxygen atoms in total. The number of rotatable bonds is 2. The van der Waals surface area contributed by atoms with E-state index in [4.69, 9.17) is 17.2 Å². The highest BCUT2D eigenvalue weighted by Crippen LogP contribution is 2.07. The molecule has 0 amide bonds. The van der Waals surface area contributed by atoms with Crippen molar-refractivity contribution in [3.05, 3.63) is 23.9 Å². The molecule has 0 radical (unpaired) electrons. The molecule has 0 aliphatic heterocycles. The number of nitrogens with two attached hydrogens (primary N) is 3. The van der Waals surface area contributed by atoms with Crippen LogP contribution in [0.15, 0.2) is 18.3 Å². The first-order valence-corrected chi connectivity index (χ1v) is 3.41. The van der Waals surface area contributed by atoms with Crippen LogP contribution in [0, 0.1) is 0 Å². The van der Waals surface area contributed by atoms with Crippen LogP contribution in [0.25, 0.3) is 0 Å². The SMILES string of the molecule is NCC(N)c1ccc(N)nc1. The van der Waals surface area contributed by atoms with Crippen molar-refractivity contribution in [2.45, 2.75) is 6.04 Å². The molecule has 0 saturated heterocycles. The molecule has 11 heavy (non-hydrogen) atoms. The molecule has 1 heterocycles. The van der Waals surface area contributed by atoms with E-state index in [2.05, 4.69) is 4.98 Å². The van der Waals surface area contributed by atoms with Crippen LogP contribution in [0.3, 0.4) is 0 Å². The van der Waals surface area contributed by atoms with Gasteiger partial charge in [0.15, 0.2) is 0 Å². The Morgan fingerprint density at radius 1 is 1.45 bits per heavy atom. The Morgan fingerprint density at radius 2 is 2.18 bits per heavy atom. The molecule has 1 rings (SSSR count). The number of hydrogen-bond acceptors (Lipinski definition) is 4. The van der Waals surface area contributed by atoms with Crippen LogP contribution in [0.5, 0.6) is 0 Å². The molecule has 0 bridgehead atoms. The van der Waals surface area contributed by atoms with Crippen molar-refractivity contribution in [1.82, 2.24) is 4.98 Å². The maximum Gasteiger partial charge on any atom is 0.123 e. The molecule has 0 fully saturated rings. The third-order valence-corrected chi connectivity index (χ3v) is 1.49. The summed E-state index contributed by atoms with van der Waals surface area (Å²) in [5, 5.41) is 0. The van der Waals surface area contributed by atoms with Gasteiger partial charge in [0, 0.05) is 18.8 Å². The van der Waals surface area contributed by atoms with Crippen LogP contribution in [0.1, 0.15) is 11.6 Å². The van der Waals surface area contributed by atoms with Crippen LogP contribution in [-0.2, 0) is 0 Å². The third-order valence-electron chi connectivity index (χ3n) is 1.49. The zero-order valence-corrected chi connectivity index (χ0v) is 6.20. The van der Waals surface area contributed by atoms with Gasteiger partial charge in [-0.3, -0.25) is 0 Å². The minimum atomic E-state index is -0.136. The fourth-order valence-electron chi connectivity index (χ4n) is 0.772. The monoisotopic (exact) mass is 152 g/mol. The van der Waals surface area contributed by atoms with Crippen molar-refractivity contribution >= 4 is 5.82 Å². The topological polar surface area (TPSA) is 91.0 Å². The van der Waals surface area contributed by atoms with Crippen LogP contribution < -0.4 is 17.2 Å². The molecule has 60 valence electrons. The molecular formula is C7H12N4. The minimum absolute atomic E-state index is 0.136. The van der Waals surface area contributed by atoms with Crippen molar-refractivity contribution in [2.24, 2.45) is 11.5 Å². The molecule has 0 spiro atoms. The highest BCUT2D eigenvalue weighted by atomic mass is 14.8. The van der Waals surface area contributed by atoms with Crippen LogP contribution in [0.2, 0.25) is 0 Å². The maximum absolute atomic E-state index is 5.64. The quantitative estimate of drug-likeness (QED) is 0.539. The van der Waals surface area contributed by atoms with Gasteiger partial charge >= 0.3 is 0 Å². The van der Waals surface area contributed by atoms with E-state index < -0.39 is 0 Å². The predicted octanol–water partition coefficient (Wildman–Crippen LogP) is -0.378. The summed E-state index contributed by atoms with van der Waals surface area (Å²) >= 11 is 0. The first kappa shape index (κ1) is 7.97. The lowest BCUT2D eigenvalue weighted by molar-refractivity contribution is 0.733. The largest absolute Gasteiger partial charge is 0.384 e. The number of pyridine rings is 1. The van der Waals surface area contributed by atoms with Gasteiger partial charge in [-0.25, -0.2) is 4.98 Å². The third kappa shape index (κ3) is 1.89. The number of aromatic nitrogens is 1. The lowest BCUT2D eigenvalue weighted by Crippen LogP contribution is -2.20. The molecular weight excluding hydrogens is 140 g/mol. The molecule has 0 aliphatic carbocycles. The van der Waals surface area contributed by atoms with Gasteiger partial charge in [-0.15, -0.1) is 0 Å². The standard InChI is InChI=1S/C7H12N4/c8-3-6(9)5-1-2-7(10)11-4-5/h1-2,4,6H,3,8-9H2,(H2,10,11). The minimum Gasteiger partial charge on any atom is -0.384 e. The Balaban J connectivity index is 2.81. The zero-order valence-electron chi connectivity index (χ0n) is 6.20. The van der Waals surface area contributed by atoms with E-state index in [1.807, 2.05) is 6.07 Å². The Kier molecular flexibility index (Phi) is 2.40. The average molecular weight is 152 g/mol. The van der Waals surface area contributed by atoms with Gasteiger partial charge in [-0.1, -0.05) is 6.07 Å². The smallest absolute Gasteiger partial charge is 0.123 e. The van der Waals surface area contributed by atoms with Crippen molar-refractivity contribution in [3.63, 3.8) is 0 Å². The molecule has 0 aliphatic rings. The van der Waals surface area contributed by atoms with Gasteiger partial charge in [0.2, 0.25) is 0 Å². The highest BCUT2D eigenvalue weighted by Gasteiger charge is 2.01. The Labute approximate surface area is 65.4 Å². The van der Waals surface area contributed by atoms with Crippen LogP contribution in [0.4, 0.5) is 5.82 Å². The first-order valence-electron chi connectivity index (χ1n) is 3.41. The molecule has 0 aromatic carbocycles. The van der Waals surface area contributed by atoms with E-state index in [-0.39, 0.29) is 6.04 Å². The Morgan fingerprint density at radius 3 is 2.64 bits per heavy atom. The van der Waals surface area contributed by atoms with E-state index in [1.165, 1.54) is 0 Å². The second-order valence-corrected chi connectivity index (χ2v) is 2.36. The lowest BCUT2D eigenvalue weighted by atomic mass is 10.1. The van der Waals surface area contributed by atoms with Gasteiger partial charge in [0.05, 0.1) is 0 Å². The summed E-state index contributed by atoms with van der Waals surface area (Å²) in [7, 11) is 0. The van der Waals surface area contributed by atoms with E-state index in [9.17, 15) is 0 Å². The number of anilines is 1. The van der Waals surface area contributed by atoms with Gasteiger partial charge in [0.1, 0.15) is 5.82 Å². The number of nitrogens with zero attached hydrogens (tertiary/aromatic N) is 1. The first-order chi connectivity index (χ1) is 5.24. The van der Waals surface area contributed by atoms with E-state index >= 15 is 0 Å². The Bertz CT molecular complexity index is 218. The second kappa shape index (κ2) is 3.32. The summed E-state index contributed by atoms with van der Waals surface area (Å²) in [6, 6.07) is 3.41. The summed E-state index contributed by atoms with van der Waals surface area (Å²) in [5.74, 6) is 0.498. The number of nitrogen functional groups attached to an aromatic ring is 1. The van der Waals surface area contributed by atoms with E-state index in [0.29, 0.717) is 12.4 Å². The Hall–Kier alpha value is -1.13. The van der Waals surface area contributed by atoms with Gasteiger partial charge in [-0.2, -0.15) is 0 Å². The predicted molar refractivity (Wildman–Crippen MR) is 44.6 cm³/mol. The lowest BCUT2D eigenvalue weighted by Gasteiger charge is -2.07. The second-order valence-electron chi connectivity index (χ2n) is 2.36. The highest BCUT2D eigenvalue weighted by molar-refractivity contribution is 5.30. The molecule has 1 unspecified atom stereocenters. The zero-order chi connectivity index (χ0) is 8.27. The van der Waals surface area contributed by atoms with Crippen molar-refractivity contribution in [3.8, 4) is 0 Å². The fourth-order valence-corrected chi connectivity index (χ4v) is 0.772. The average Bonchev–Trinajstić information content (AvgIpc) is 2.05. The van der Waals surface area contributed by atoms with E-state index in [1.54, 1.807) is 12.3 Å². The normalized spacial score (nSPS) is 12.9. The molecule has 0 saturated carbocycles. The molecule has 1 aromatic heterocycles. The summed E-state index contributed by atoms with van der Waals surface area (Å²) in [5.41, 5.74) is 17.3. The molecule has 1 aromatic rings. The summed E-state index contributed by atoms with van der Waals surface area (Å²) in [6.45, 7) is 0.422. The van der Waals surface area contributed by atoms with Gasteiger partial charge in [0.25, 0.3) is 0 Å². The molecule has 4 heteroatoms. The van der Waals surface area contributed by atoms with Gasteiger partial charge in [-0.05, 0) is 11.6 Å². The summed E-state index contributed by atoms with van der Waals surface area (Å²) < 4.78 is 0. The van der Waals surface area contributed by atoms with Crippen LogP contribution >= 0.6 is 0 Å². The number of hydrogen-bond donors (Lipinski definition) is 3. The summed E-state index contributed by atoms with van der Waals surface area (Å²) in [6.07, 6.45) is 1.65. The molecule has 6 N–H and O–H groups in total. The molecule has 1 atom stereocenters. The van der Waals surface area contributed by atoms with Crippen molar-refractivity contribution in [1.29, 1.82) is 0 Å². The van der Waals surface area contributed by atoms with E-state index in [0.717, 1.165) is 5.56 Å². The summed E-state index contributed by atoms with van der Waals surface area (Å²) in [4.78, 5) is 3.89. The maximum atomic E-state index is 5.64.